The third-order valence-electron chi connectivity index (χ3n) is 7.44. The Bertz CT molecular complexity index is 855. The molecule has 0 saturated heterocycles. The molecule has 4 rings (SSSR count). The minimum Gasteiger partial charge on any atom is -0.0995 e. The van der Waals surface area contributed by atoms with Crippen molar-refractivity contribution in [1.29, 1.82) is 0 Å². The number of alkyl halides is 1. The van der Waals surface area contributed by atoms with Gasteiger partial charge in [-0.05, 0) is 100 Å². The van der Waals surface area contributed by atoms with Crippen LogP contribution in [-0.2, 0) is 0 Å². The van der Waals surface area contributed by atoms with E-state index in [2.05, 4.69) is 49.6 Å². The molecule has 0 N–H and O–H groups in total. The summed E-state index contributed by atoms with van der Waals surface area (Å²) >= 11 is 2.61. The van der Waals surface area contributed by atoms with E-state index >= 15 is 0 Å². The van der Waals surface area contributed by atoms with Crippen LogP contribution in [0.3, 0.4) is 0 Å². The van der Waals surface area contributed by atoms with E-state index in [0.717, 1.165) is 5.92 Å². The van der Waals surface area contributed by atoms with Crippen LogP contribution in [0, 0.1) is 5.92 Å². The van der Waals surface area contributed by atoms with Crippen LogP contribution in [0.25, 0.3) is 0 Å². The van der Waals surface area contributed by atoms with Crippen LogP contribution in [0.1, 0.15) is 90.9 Å². The van der Waals surface area contributed by atoms with E-state index in [1.165, 1.54) is 98.2 Å². The fourth-order valence-corrected chi connectivity index (χ4v) is 5.94. The van der Waals surface area contributed by atoms with Gasteiger partial charge < -0.3 is 0 Å². The zero-order chi connectivity index (χ0) is 20.5. The van der Waals surface area contributed by atoms with Crippen molar-refractivity contribution in [3.63, 3.8) is 0 Å². The average Bonchev–Trinajstić information content (AvgIpc) is 3.54. The van der Waals surface area contributed by atoms with Crippen molar-refractivity contribution >= 4 is 22.6 Å². The maximum atomic E-state index is 4.36. The fraction of sp³-hybridized carbons (Fsp3) is 0.571. The highest BCUT2D eigenvalue weighted by atomic mass is 127. The Morgan fingerprint density at radius 1 is 1.00 bits per heavy atom. The third-order valence-corrected chi connectivity index (χ3v) is 8.50. The standard InChI is InChI=1S/C28H37I/c1-5-7-21-13-25(21)12-18(2)10-11-23-15-28(23)24(17-29)9-6-8-22-14-26(22)16-27-19(3)20(27)4/h24H,2-3,5-17H2,1,4H3. The van der Waals surface area contributed by atoms with Gasteiger partial charge in [0.15, 0.2) is 0 Å². The van der Waals surface area contributed by atoms with Gasteiger partial charge in [0.2, 0.25) is 0 Å². The molecule has 0 radical (unpaired) electrons. The van der Waals surface area contributed by atoms with Crippen molar-refractivity contribution in [1.82, 2.24) is 0 Å². The SMILES string of the molecule is C=C(CCC1=C(C(CI)CCCC2=C(CC3=C(C)C3=C)C2)C1)CC1=C(CCC)C1. The van der Waals surface area contributed by atoms with Gasteiger partial charge >= 0.3 is 0 Å². The molecule has 0 spiro atoms. The van der Waals surface area contributed by atoms with Gasteiger partial charge in [-0.15, -0.1) is 0 Å². The van der Waals surface area contributed by atoms with E-state index < -0.39 is 0 Å². The smallest absolute Gasteiger partial charge is 0.00612 e. The fourth-order valence-electron chi connectivity index (χ4n) is 4.97. The molecule has 156 valence electrons. The monoisotopic (exact) mass is 500 g/mol. The molecule has 0 heterocycles. The lowest BCUT2D eigenvalue weighted by Crippen LogP contribution is -1.99. The molecule has 4 aliphatic rings. The minimum absolute atomic E-state index is 0.845. The highest BCUT2D eigenvalue weighted by molar-refractivity contribution is 14.1. The first-order valence-corrected chi connectivity index (χ1v) is 13.3. The lowest BCUT2D eigenvalue weighted by Gasteiger charge is -2.09. The molecule has 0 nitrogen and oxygen atoms in total. The molecule has 4 aliphatic carbocycles. The molecule has 0 saturated carbocycles. The molecule has 1 atom stereocenters. The highest BCUT2D eigenvalue weighted by Gasteiger charge is 2.31. The Hall–Kier alpha value is -0.830. The van der Waals surface area contributed by atoms with Crippen molar-refractivity contribution in [2.24, 2.45) is 5.92 Å². The molecule has 1 unspecified atom stereocenters. The summed E-state index contributed by atoms with van der Waals surface area (Å²) in [6, 6.07) is 0. The summed E-state index contributed by atoms with van der Waals surface area (Å²) in [7, 11) is 0. The molecule has 0 bridgehead atoms. The summed E-state index contributed by atoms with van der Waals surface area (Å²) in [5.41, 5.74) is 16.3. The van der Waals surface area contributed by atoms with Gasteiger partial charge in [0.05, 0.1) is 0 Å². The summed E-state index contributed by atoms with van der Waals surface area (Å²) in [6.45, 7) is 13.0. The molecule has 0 aromatic carbocycles. The Kier molecular flexibility index (Phi) is 6.73. The summed E-state index contributed by atoms with van der Waals surface area (Å²) in [5, 5.41) is 0. The van der Waals surface area contributed by atoms with Crippen LogP contribution in [0.15, 0.2) is 68.9 Å². The van der Waals surface area contributed by atoms with Gasteiger partial charge in [-0.2, -0.15) is 0 Å². The number of hydrogen-bond donors (Lipinski definition) is 0. The Labute approximate surface area is 192 Å². The summed E-state index contributed by atoms with van der Waals surface area (Å²) < 4.78 is 1.29. The molecular formula is C28H37I. The first-order valence-electron chi connectivity index (χ1n) is 11.7. The molecular weight excluding hydrogens is 463 g/mol. The zero-order valence-corrected chi connectivity index (χ0v) is 20.7. The lowest BCUT2D eigenvalue weighted by atomic mass is 10.00. The number of halogens is 1. The Morgan fingerprint density at radius 2 is 1.72 bits per heavy atom. The zero-order valence-electron chi connectivity index (χ0n) is 18.6. The van der Waals surface area contributed by atoms with Gasteiger partial charge in [-0.25, -0.2) is 0 Å². The van der Waals surface area contributed by atoms with E-state index in [9.17, 15) is 0 Å². The van der Waals surface area contributed by atoms with Gasteiger partial charge in [0, 0.05) is 4.43 Å². The van der Waals surface area contributed by atoms with Crippen LogP contribution in [0.2, 0.25) is 0 Å². The maximum absolute atomic E-state index is 4.36. The molecule has 0 aromatic rings. The van der Waals surface area contributed by atoms with Crippen molar-refractivity contribution in [3.05, 3.63) is 68.9 Å². The van der Waals surface area contributed by atoms with Crippen LogP contribution in [0.5, 0.6) is 0 Å². The third kappa shape index (κ3) is 5.66. The summed E-state index contributed by atoms with van der Waals surface area (Å²) in [6.07, 6.45) is 15.6. The first kappa shape index (κ1) is 21.4. The van der Waals surface area contributed by atoms with Crippen LogP contribution in [0.4, 0.5) is 0 Å². The van der Waals surface area contributed by atoms with E-state index in [1.54, 1.807) is 33.4 Å². The van der Waals surface area contributed by atoms with Gasteiger partial charge in [0.1, 0.15) is 0 Å². The van der Waals surface area contributed by atoms with Crippen molar-refractivity contribution in [2.45, 2.75) is 90.9 Å². The molecule has 29 heavy (non-hydrogen) atoms. The lowest BCUT2D eigenvalue weighted by molar-refractivity contribution is 0.604. The van der Waals surface area contributed by atoms with Crippen LogP contribution >= 0.6 is 22.6 Å². The normalized spacial score (nSPS) is 20.7. The average molecular weight is 501 g/mol. The van der Waals surface area contributed by atoms with Crippen LogP contribution < -0.4 is 0 Å². The molecule has 1 heteroatoms. The highest BCUT2D eigenvalue weighted by Crippen LogP contribution is 2.49. The first-order chi connectivity index (χ1) is 14.0. The molecule has 0 aromatic heterocycles. The van der Waals surface area contributed by atoms with Gasteiger partial charge in [0.25, 0.3) is 0 Å². The number of hydrogen-bond acceptors (Lipinski definition) is 0. The second kappa shape index (κ2) is 9.12. The number of rotatable bonds is 15. The molecule has 0 aliphatic heterocycles. The molecule has 0 fully saturated rings. The summed E-state index contributed by atoms with van der Waals surface area (Å²) in [5.74, 6) is 0.845. The van der Waals surface area contributed by atoms with Crippen LogP contribution in [-0.4, -0.2) is 4.43 Å². The second-order valence-electron chi connectivity index (χ2n) is 9.75. The summed E-state index contributed by atoms with van der Waals surface area (Å²) in [4.78, 5) is 0. The van der Waals surface area contributed by atoms with Crippen molar-refractivity contribution < 1.29 is 0 Å². The largest absolute Gasteiger partial charge is 0.0995 e. The Balaban J connectivity index is 1.14. The predicted molar refractivity (Wildman–Crippen MR) is 136 cm³/mol. The Morgan fingerprint density at radius 3 is 2.41 bits per heavy atom. The molecule has 0 amide bonds. The van der Waals surface area contributed by atoms with Gasteiger partial charge in [-0.3, -0.25) is 0 Å². The number of allylic oxidation sites excluding steroid dienone is 10. The van der Waals surface area contributed by atoms with Crippen molar-refractivity contribution in [3.8, 4) is 0 Å². The van der Waals surface area contributed by atoms with Gasteiger partial charge in [-0.1, -0.05) is 88.1 Å². The maximum Gasteiger partial charge on any atom is 0.00612 e. The quantitative estimate of drug-likeness (QED) is 0.120. The van der Waals surface area contributed by atoms with E-state index in [4.69, 9.17) is 0 Å². The van der Waals surface area contributed by atoms with E-state index in [1.807, 2.05) is 5.57 Å². The topological polar surface area (TPSA) is 0 Å². The van der Waals surface area contributed by atoms with Crippen molar-refractivity contribution in [2.75, 3.05) is 4.43 Å². The van der Waals surface area contributed by atoms with E-state index in [0.29, 0.717) is 0 Å². The minimum atomic E-state index is 0.845. The van der Waals surface area contributed by atoms with E-state index in [-0.39, 0.29) is 0 Å². The predicted octanol–water partition coefficient (Wildman–Crippen LogP) is 9.11. The second-order valence-corrected chi connectivity index (χ2v) is 10.6.